The number of alkyl carbamates (subject to hydrolysis) is 1. The summed E-state index contributed by atoms with van der Waals surface area (Å²) in [4.78, 5) is 34.5. The lowest BCUT2D eigenvalue weighted by atomic mass is 10.3. The molecule has 0 heterocycles. The van der Waals surface area contributed by atoms with E-state index in [4.69, 9.17) is 5.11 Å². The number of rotatable bonds is 8. The average Bonchev–Trinajstić information content (AvgIpc) is 2.19. The van der Waals surface area contributed by atoms with Crippen LogP contribution in [0.15, 0.2) is 0 Å². The first-order valence-corrected chi connectivity index (χ1v) is 4.42. The van der Waals surface area contributed by atoms with Crippen molar-refractivity contribution in [1.29, 1.82) is 0 Å². The number of nitrogens with zero attached hydrogens (tertiary/aromatic N) is 1. The Balaban J connectivity index is 3.27. The van der Waals surface area contributed by atoms with Gasteiger partial charge in [0.2, 0.25) is 0 Å². The Morgan fingerprint density at radius 1 is 1.31 bits per heavy atom. The van der Waals surface area contributed by atoms with Crippen molar-refractivity contribution in [3.8, 4) is 0 Å². The van der Waals surface area contributed by atoms with Gasteiger partial charge in [0.05, 0.1) is 13.2 Å². The Bertz CT molecular complexity index is 255. The molecule has 0 fully saturated rings. The van der Waals surface area contributed by atoms with E-state index in [2.05, 4.69) is 9.57 Å². The second-order valence-electron chi connectivity index (χ2n) is 2.65. The van der Waals surface area contributed by atoms with E-state index in [9.17, 15) is 19.7 Å². The average molecular weight is 236 g/mol. The maximum absolute atomic E-state index is 10.8. The Kier molecular flexibility index (Phi) is 7.20. The molecule has 0 aliphatic rings. The number of unbranched alkanes of at least 4 members (excludes halogenated alkanes) is 1. The summed E-state index contributed by atoms with van der Waals surface area (Å²) in [6, 6.07) is 0. The molecule has 0 aliphatic heterocycles. The van der Waals surface area contributed by atoms with Gasteiger partial charge in [-0.1, -0.05) is 0 Å². The van der Waals surface area contributed by atoms with Crippen molar-refractivity contribution in [2.45, 2.75) is 12.8 Å². The fourth-order valence-electron chi connectivity index (χ4n) is 0.707. The van der Waals surface area contributed by atoms with Gasteiger partial charge in [-0.3, -0.25) is 4.79 Å². The highest BCUT2D eigenvalue weighted by atomic mass is 16.9. The highest BCUT2D eigenvalue weighted by Crippen LogP contribution is 1.92. The molecule has 1 amide bonds. The third kappa shape index (κ3) is 10.0. The Labute approximate surface area is 90.4 Å². The molecule has 0 aromatic rings. The van der Waals surface area contributed by atoms with Gasteiger partial charge >= 0.3 is 12.1 Å². The van der Waals surface area contributed by atoms with E-state index in [-0.39, 0.29) is 13.2 Å². The van der Waals surface area contributed by atoms with Gasteiger partial charge < -0.3 is 20.0 Å². The summed E-state index contributed by atoms with van der Waals surface area (Å²) in [5.41, 5.74) is 0. The van der Waals surface area contributed by atoms with Crippen molar-refractivity contribution in [2.75, 3.05) is 19.8 Å². The van der Waals surface area contributed by atoms with E-state index in [0.717, 1.165) is 0 Å². The summed E-state index contributed by atoms with van der Waals surface area (Å²) >= 11 is 0. The first kappa shape index (κ1) is 13.9. The number of carbonyl (C=O) groups is 2. The summed E-state index contributed by atoms with van der Waals surface area (Å²) in [7, 11) is 0. The van der Waals surface area contributed by atoms with Crippen LogP contribution < -0.4 is 5.32 Å². The van der Waals surface area contributed by atoms with Gasteiger partial charge in [-0.2, -0.15) is 0 Å². The van der Waals surface area contributed by atoms with Gasteiger partial charge in [-0.15, -0.1) is 10.1 Å². The summed E-state index contributed by atoms with van der Waals surface area (Å²) in [5.74, 6) is -1.17. The molecule has 92 valence electrons. The van der Waals surface area contributed by atoms with Crippen molar-refractivity contribution >= 4 is 12.1 Å². The zero-order valence-electron chi connectivity index (χ0n) is 8.38. The molecule has 0 atom stereocenters. The molecule has 2 N–H and O–H groups in total. The molecule has 0 aromatic heterocycles. The highest BCUT2D eigenvalue weighted by Gasteiger charge is 2.03. The van der Waals surface area contributed by atoms with E-state index in [1.807, 2.05) is 5.32 Å². The Morgan fingerprint density at radius 2 is 1.94 bits per heavy atom. The molecule has 9 heteroatoms. The van der Waals surface area contributed by atoms with Crippen LogP contribution in [0.2, 0.25) is 0 Å². The fourth-order valence-corrected chi connectivity index (χ4v) is 0.707. The minimum absolute atomic E-state index is 0.0481. The van der Waals surface area contributed by atoms with Crippen molar-refractivity contribution in [3.63, 3.8) is 0 Å². The SMILES string of the molecule is O=C(O)CNC(=O)OCCCCO[N+](=O)[O-]. The molecular weight excluding hydrogens is 224 g/mol. The molecule has 0 bridgehead atoms. The number of ether oxygens (including phenoxy) is 1. The van der Waals surface area contributed by atoms with Crippen LogP contribution in [-0.4, -0.2) is 42.0 Å². The van der Waals surface area contributed by atoms with Crippen LogP contribution in [0, 0.1) is 10.1 Å². The van der Waals surface area contributed by atoms with Gasteiger partial charge in [0.25, 0.3) is 5.09 Å². The smallest absolute Gasteiger partial charge is 0.407 e. The van der Waals surface area contributed by atoms with Crippen LogP contribution in [0.4, 0.5) is 4.79 Å². The van der Waals surface area contributed by atoms with E-state index in [1.54, 1.807) is 0 Å². The lowest BCUT2D eigenvalue weighted by Gasteiger charge is -2.04. The van der Waals surface area contributed by atoms with Crippen LogP contribution in [0.25, 0.3) is 0 Å². The van der Waals surface area contributed by atoms with Crippen molar-refractivity contribution in [1.82, 2.24) is 5.32 Å². The second kappa shape index (κ2) is 8.26. The fraction of sp³-hybridized carbons (Fsp3) is 0.714. The Morgan fingerprint density at radius 3 is 2.50 bits per heavy atom. The number of aliphatic carboxylic acids is 1. The first-order chi connectivity index (χ1) is 7.52. The van der Waals surface area contributed by atoms with Gasteiger partial charge in [0, 0.05) is 0 Å². The van der Waals surface area contributed by atoms with E-state index in [0.29, 0.717) is 12.8 Å². The van der Waals surface area contributed by atoms with E-state index < -0.39 is 23.7 Å². The molecule has 0 aromatic carbocycles. The number of carbonyl (C=O) groups excluding carboxylic acids is 1. The molecule has 0 unspecified atom stereocenters. The minimum atomic E-state index is -1.17. The quantitative estimate of drug-likeness (QED) is 0.339. The number of nitrogens with one attached hydrogen (secondary N) is 1. The third-order valence-electron chi connectivity index (χ3n) is 1.35. The molecule has 0 saturated heterocycles. The highest BCUT2D eigenvalue weighted by molar-refractivity contribution is 5.76. The van der Waals surface area contributed by atoms with E-state index >= 15 is 0 Å². The van der Waals surface area contributed by atoms with Crippen molar-refractivity contribution in [2.24, 2.45) is 0 Å². The molecule has 0 saturated carbocycles. The molecule has 0 aliphatic carbocycles. The zero-order valence-corrected chi connectivity index (χ0v) is 8.38. The normalized spacial score (nSPS) is 9.25. The third-order valence-corrected chi connectivity index (χ3v) is 1.35. The van der Waals surface area contributed by atoms with Crippen LogP contribution in [0.5, 0.6) is 0 Å². The predicted molar refractivity (Wildman–Crippen MR) is 49.2 cm³/mol. The maximum atomic E-state index is 10.8. The number of hydrogen-bond donors (Lipinski definition) is 2. The molecule has 0 rings (SSSR count). The molecule has 0 radical (unpaired) electrons. The first-order valence-electron chi connectivity index (χ1n) is 4.42. The van der Waals surface area contributed by atoms with E-state index in [1.165, 1.54) is 0 Å². The summed E-state index contributed by atoms with van der Waals surface area (Å²) < 4.78 is 4.56. The van der Waals surface area contributed by atoms with Crippen molar-refractivity contribution < 1.29 is 29.4 Å². The monoisotopic (exact) mass is 236 g/mol. The van der Waals surface area contributed by atoms with Gasteiger partial charge in [-0.05, 0) is 12.8 Å². The van der Waals surface area contributed by atoms with Crippen molar-refractivity contribution in [3.05, 3.63) is 10.1 Å². The minimum Gasteiger partial charge on any atom is -0.480 e. The molecular formula is C7H12N2O7. The largest absolute Gasteiger partial charge is 0.480 e. The number of carboxylic acids is 1. The summed E-state index contributed by atoms with van der Waals surface area (Å²) in [6.45, 7) is -0.525. The summed E-state index contributed by atoms with van der Waals surface area (Å²) in [5, 5.41) is 19.0. The Hall–Kier alpha value is -2.06. The molecule has 0 spiro atoms. The molecule has 9 nitrogen and oxygen atoms in total. The van der Waals surface area contributed by atoms with Crippen LogP contribution >= 0.6 is 0 Å². The predicted octanol–water partition coefficient (Wildman–Crippen LogP) is -0.214. The van der Waals surface area contributed by atoms with Gasteiger partial charge in [0.1, 0.15) is 6.54 Å². The van der Waals surface area contributed by atoms with Crippen LogP contribution in [0.3, 0.4) is 0 Å². The number of hydrogen-bond acceptors (Lipinski definition) is 6. The standard InChI is InChI=1S/C7H12N2O7/c10-6(11)5-8-7(12)15-3-1-2-4-16-9(13)14/h1-5H2,(H,8,12)(H,10,11). The van der Waals surface area contributed by atoms with Crippen LogP contribution in [-0.2, 0) is 14.4 Å². The lowest BCUT2D eigenvalue weighted by Crippen LogP contribution is -2.30. The maximum Gasteiger partial charge on any atom is 0.407 e. The number of carboxylic acid groups (broad SMARTS) is 1. The summed E-state index contributed by atoms with van der Waals surface area (Å²) in [6.07, 6.45) is -0.0702. The molecule has 16 heavy (non-hydrogen) atoms. The topological polar surface area (TPSA) is 128 Å². The second-order valence-corrected chi connectivity index (χ2v) is 2.65. The van der Waals surface area contributed by atoms with Gasteiger partial charge in [0.15, 0.2) is 0 Å². The van der Waals surface area contributed by atoms with Gasteiger partial charge in [-0.25, -0.2) is 4.79 Å². The van der Waals surface area contributed by atoms with Crippen LogP contribution in [0.1, 0.15) is 12.8 Å². The zero-order chi connectivity index (χ0) is 12.4. The lowest BCUT2D eigenvalue weighted by molar-refractivity contribution is -0.757. The number of amides is 1.